The number of aromatic nitrogens is 2. The van der Waals surface area contributed by atoms with E-state index in [9.17, 15) is 0 Å². The van der Waals surface area contributed by atoms with Crippen LogP contribution in [0.1, 0.15) is 58.2 Å². The van der Waals surface area contributed by atoms with Crippen molar-refractivity contribution in [3.8, 4) is 0 Å². The Morgan fingerprint density at radius 3 is 2.57 bits per heavy atom. The van der Waals surface area contributed by atoms with Crippen LogP contribution in [-0.4, -0.2) is 40.4 Å². The normalized spacial score (nSPS) is 18.9. The second kappa shape index (κ2) is 7.12. The van der Waals surface area contributed by atoms with E-state index in [1.807, 2.05) is 7.05 Å². The standard InChI is InChI=1S/C16H29ClN4/c1-5-9-21-14(13(17)12-19-21)15(18-4)16(2,3)20-10-7-6-8-11-20/h12,15,18H,5-11H2,1-4H3. The Balaban J connectivity index is 2.31. The first-order valence-corrected chi connectivity index (χ1v) is 8.53. The maximum Gasteiger partial charge on any atom is 0.0834 e. The molecule has 1 aliphatic heterocycles. The number of aryl methyl sites for hydroxylation is 1. The Hall–Kier alpha value is -0.580. The van der Waals surface area contributed by atoms with Crippen LogP contribution >= 0.6 is 11.6 Å². The van der Waals surface area contributed by atoms with Gasteiger partial charge in [-0.15, -0.1) is 0 Å². The third-order valence-electron chi connectivity index (χ3n) is 4.71. The van der Waals surface area contributed by atoms with Crippen molar-refractivity contribution in [1.82, 2.24) is 20.0 Å². The van der Waals surface area contributed by atoms with Crippen LogP contribution in [0.3, 0.4) is 0 Å². The van der Waals surface area contributed by atoms with Crippen LogP contribution in [0, 0.1) is 0 Å². The summed E-state index contributed by atoms with van der Waals surface area (Å²) in [6, 6.07) is 0.178. The zero-order valence-corrected chi connectivity index (χ0v) is 14.6. The van der Waals surface area contributed by atoms with Crippen LogP contribution in [0.2, 0.25) is 5.02 Å². The quantitative estimate of drug-likeness (QED) is 0.873. The predicted octanol–water partition coefficient (Wildman–Crippen LogP) is 3.47. The van der Waals surface area contributed by atoms with E-state index in [1.165, 1.54) is 32.4 Å². The first-order valence-electron chi connectivity index (χ1n) is 8.15. The van der Waals surface area contributed by atoms with Gasteiger partial charge < -0.3 is 5.32 Å². The molecule has 1 saturated heterocycles. The van der Waals surface area contributed by atoms with Gasteiger partial charge >= 0.3 is 0 Å². The van der Waals surface area contributed by atoms with Gasteiger partial charge in [-0.25, -0.2) is 0 Å². The van der Waals surface area contributed by atoms with Crippen molar-refractivity contribution >= 4 is 11.6 Å². The summed E-state index contributed by atoms with van der Waals surface area (Å²) in [5.74, 6) is 0. The Morgan fingerprint density at radius 1 is 1.33 bits per heavy atom. The number of hydrogen-bond donors (Lipinski definition) is 1. The SMILES string of the molecule is CCCn1ncc(Cl)c1C(NC)C(C)(C)N1CCCCC1. The van der Waals surface area contributed by atoms with Gasteiger partial charge in [-0.05, 0) is 53.2 Å². The highest BCUT2D eigenvalue weighted by Gasteiger charge is 2.38. The molecule has 2 heterocycles. The lowest BCUT2D eigenvalue weighted by Crippen LogP contribution is -2.54. The lowest BCUT2D eigenvalue weighted by atomic mass is 9.88. The lowest BCUT2D eigenvalue weighted by Gasteiger charge is -2.46. The number of rotatable bonds is 6. The second-order valence-corrected chi connectivity index (χ2v) is 6.93. The molecule has 0 aliphatic carbocycles. The minimum atomic E-state index is 0.0182. The number of piperidine rings is 1. The topological polar surface area (TPSA) is 33.1 Å². The van der Waals surface area contributed by atoms with Gasteiger partial charge in [0.2, 0.25) is 0 Å². The number of nitrogens with zero attached hydrogens (tertiary/aromatic N) is 3. The van der Waals surface area contributed by atoms with E-state index in [4.69, 9.17) is 11.6 Å². The number of likely N-dealkylation sites (N-methyl/N-ethyl adjacent to an activating group) is 1. The maximum absolute atomic E-state index is 6.46. The van der Waals surface area contributed by atoms with E-state index < -0.39 is 0 Å². The van der Waals surface area contributed by atoms with Gasteiger partial charge in [0.05, 0.1) is 23.0 Å². The summed E-state index contributed by atoms with van der Waals surface area (Å²) in [5, 5.41) is 8.73. The average molecular weight is 313 g/mol. The summed E-state index contributed by atoms with van der Waals surface area (Å²) in [6.45, 7) is 10.1. The molecule has 120 valence electrons. The van der Waals surface area contributed by atoms with Crippen molar-refractivity contribution in [2.45, 2.75) is 64.6 Å². The maximum atomic E-state index is 6.46. The fraction of sp³-hybridized carbons (Fsp3) is 0.812. The summed E-state index contributed by atoms with van der Waals surface area (Å²) in [5.41, 5.74) is 1.14. The van der Waals surface area contributed by atoms with E-state index in [1.54, 1.807) is 6.20 Å². The molecule has 1 aliphatic rings. The smallest absolute Gasteiger partial charge is 0.0834 e. The first kappa shape index (κ1) is 16.8. The molecule has 1 N–H and O–H groups in total. The van der Waals surface area contributed by atoms with E-state index in [2.05, 4.69) is 40.8 Å². The summed E-state index contributed by atoms with van der Waals surface area (Å²) >= 11 is 6.46. The van der Waals surface area contributed by atoms with E-state index in [0.29, 0.717) is 0 Å². The highest BCUT2D eigenvalue weighted by Crippen LogP contribution is 2.36. The minimum Gasteiger partial charge on any atom is -0.310 e. The summed E-state index contributed by atoms with van der Waals surface area (Å²) in [7, 11) is 2.02. The Labute approximate surface area is 133 Å². The second-order valence-electron chi connectivity index (χ2n) is 6.52. The van der Waals surface area contributed by atoms with Crippen molar-refractivity contribution in [2.24, 2.45) is 0 Å². The molecule has 0 aromatic carbocycles. The molecular formula is C16H29ClN4. The van der Waals surface area contributed by atoms with Gasteiger partial charge in [-0.2, -0.15) is 5.10 Å². The third kappa shape index (κ3) is 3.43. The Morgan fingerprint density at radius 2 is 2.00 bits per heavy atom. The highest BCUT2D eigenvalue weighted by molar-refractivity contribution is 6.31. The molecule has 5 heteroatoms. The van der Waals surface area contributed by atoms with Gasteiger partial charge in [0.15, 0.2) is 0 Å². The zero-order chi connectivity index (χ0) is 15.5. The van der Waals surface area contributed by atoms with Crippen LogP contribution in [0.25, 0.3) is 0 Å². The monoisotopic (exact) mass is 312 g/mol. The van der Waals surface area contributed by atoms with Crippen LogP contribution in [0.5, 0.6) is 0 Å². The van der Waals surface area contributed by atoms with Crippen molar-refractivity contribution in [3.63, 3.8) is 0 Å². The fourth-order valence-electron chi connectivity index (χ4n) is 3.53. The number of hydrogen-bond acceptors (Lipinski definition) is 3. The van der Waals surface area contributed by atoms with Crippen molar-refractivity contribution in [1.29, 1.82) is 0 Å². The molecule has 0 saturated carbocycles. The summed E-state index contributed by atoms with van der Waals surface area (Å²) in [6.07, 6.45) is 6.78. The molecule has 4 nitrogen and oxygen atoms in total. The van der Waals surface area contributed by atoms with E-state index in [-0.39, 0.29) is 11.6 Å². The predicted molar refractivity (Wildman–Crippen MR) is 88.8 cm³/mol. The average Bonchev–Trinajstić information content (AvgIpc) is 2.83. The van der Waals surface area contributed by atoms with Gasteiger partial charge in [-0.3, -0.25) is 9.58 Å². The summed E-state index contributed by atoms with van der Waals surface area (Å²) < 4.78 is 2.06. The molecule has 1 atom stereocenters. The number of halogens is 1. The first-order chi connectivity index (χ1) is 10.0. The van der Waals surface area contributed by atoms with Gasteiger partial charge in [0, 0.05) is 12.1 Å². The molecule has 21 heavy (non-hydrogen) atoms. The van der Waals surface area contributed by atoms with Crippen LogP contribution in [-0.2, 0) is 6.54 Å². The van der Waals surface area contributed by atoms with Gasteiger partial charge in [0.1, 0.15) is 0 Å². The minimum absolute atomic E-state index is 0.0182. The molecule has 0 spiro atoms. The van der Waals surface area contributed by atoms with Crippen LogP contribution < -0.4 is 5.32 Å². The van der Waals surface area contributed by atoms with Crippen molar-refractivity contribution < 1.29 is 0 Å². The van der Waals surface area contributed by atoms with E-state index in [0.717, 1.165) is 23.7 Å². The lowest BCUT2D eigenvalue weighted by molar-refractivity contribution is 0.0604. The fourth-order valence-corrected chi connectivity index (χ4v) is 3.78. The van der Waals surface area contributed by atoms with E-state index >= 15 is 0 Å². The van der Waals surface area contributed by atoms with Crippen LogP contribution in [0.15, 0.2) is 6.20 Å². The molecule has 2 rings (SSSR count). The third-order valence-corrected chi connectivity index (χ3v) is 5.00. The molecule has 0 bridgehead atoms. The molecule has 1 fully saturated rings. The molecule has 1 unspecified atom stereocenters. The van der Waals surface area contributed by atoms with Crippen molar-refractivity contribution in [2.75, 3.05) is 20.1 Å². The van der Waals surface area contributed by atoms with Crippen LogP contribution in [0.4, 0.5) is 0 Å². The Bertz CT molecular complexity index is 449. The molecule has 1 aromatic rings. The Kier molecular flexibility index (Phi) is 5.69. The van der Waals surface area contributed by atoms with Gasteiger partial charge in [0.25, 0.3) is 0 Å². The molecule has 0 radical (unpaired) electrons. The molecule has 1 aromatic heterocycles. The highest BCUT2D eigenvalue weighted by atomic mass is 35.5. The van der Waals surface area contributed by atoms with Gasteiger partial charge in [-0.1, -0.05) is 24.9 Å². The zero-order valence-electron chi connectivity index (χ0n) is 13.8. The number of likely N-dealkylation sites (tertiary alicyclic amines) is 1. The summed E-state index contributed by atoms with van der Waals surface area (Å²) in [4.78, 5) is 2.59. The largest absolute Gasteiger partial charge is 0.310 e. The molecular weight excluding hydrogens is 284 g/mol. The van der Waals surface area contributed by atoms with Crippen molar-refractivity contribution in [3.05, 3.63) is 16.9 Å². The number of nitrogens with one attached hydrogen (secondary N) is 1. The molecule has 0 amide bonds.